The number of carbonyl (C=O) groups excluding carboxylic acids is 1. The van der Waals surface area contributed by atoms with Crippen molar-refractivity contribution in [3.05, 3.63) is 34.9 Å². The minimum atomic E-state index is -3.58. The number of aryl methyl sites for hydroxylation is 1. The SMILES string of the molecule is COC(=O)c1ccc(CS(=O)(=O)Cl)cc1C. The number of methoxy groups -OCH3 is 1. The number of esters is 1. The van der Waals surface area contributed by atoms with Crippen LogP contribution in [0.5, 0.6) is 0 Å². The standard InChI is InChI=1S/C10H11ClO4S/c1-7-5-8(6-16(11,13)14)3-4-9(7)10(12)15-2/h3-5H,6H2,1-2H3. The van der Waals surface area contributed by atoms with Gasteiger partial charge in [-0.2, -0.15) is 0 Å². The Kier molecular flexibility index (Phi) is 3.93. The molecule has 6 heteroatoms. The van der Waals surface area contributed by atoms with Crippen LogP contribution in [0.1, 0.15) is 21.5 Å². The summed E-state index contributed by atoms with van der Waals surface area (Å²) in [6.45, 7) is 1.70. The summed E-state index contributed by atoms with van der Waals surface area (Å²) in [5.74, 6) is -0.700. The third-order valence-corrected chi connectivity index (χ3v) is 3.04. The van der Waals surface area contributed by atoms with Gasteiger partial charge in [-0.3, -0.25) is 0 Å². The molecule has 16 heavy (non-hydrogen) atoms. The zero-order valence-electron chi connectivity index (χ0n) is 8.86. The van der Waals surface area contributed by atoms with Crippen LogP contribution in [0.2, 0.25) is 0 Å². The van der Waals surface area contributed by atoms with Gasteiger partial charge in [-0.1, -0.05) is 12.1 Å². The quantitative estimate of drug-likeness (QED) is 0.616. The average Bonchev–Trinajstić information content (AvgIpc) is 2.14. The molecular weight excluding hydrogens is 252 g/mol. The van der Waals surface area contributed by atoms with Crippen molar-refractivity contribution < 1.29 is 17.9 Å². The van der Waals surface area contributed by atoms with E-state index in [0.717, 1.165) is 0 Å². The highest BCUT2D eigenvalue weighted by Gasteiger charge is 2.12. The van der Waals surface area contributed by atoms with E-state index >= 15 is 0 Å². The molecule has 0 N–H and O–H groups in total. The lowest BCUT2D eigenvalue weighted by Gasteiger charge is -2.05. The maximum atomic E-state index is 11.3. The number of hydrogen-bond acceptors (Lipinski definition) is 4. The molecule has 1 aromatic rings. The van der Waals surface area contributed by atoms with Gasteiger partial charge in [0.25, 0.3) is 0 Å². The van der Waals surface area contributed by atoms with E-state index in [-0.39, 0.29) is 5.75 Å². The number of ether oxygens (including phenoxy) is 1. The van der Waals surface area contributed by atoms with E-state index in [1.165, 1.54) is 13.2 Å². The second-order valence-electron chi connectivity index (χ2n) is 3.32. The van der Waals surface area contributed by atoms with Crippen molar-refractivity contribution in [1.82, 2.24) is 0 Å². The molecule has 0 aliphatic heterocycles. The molecule has 0 saturated heterocycles. The lowest BCUT2D eigenvalue weighted by atomic mass is 10.1. The van der Waals surface area contributed by atoms with Gasteiger partial charge in [0.15, 0.2) is 0 Å². The summed E-state index contributed by atoms with van der Waals surface area (Å²) >= 11 is 0. The second kappa shape index (κ2) is 4.84. The van der Waals surface area contributed by atoms with Gasteiger partial charge >= 0.3 is 5.97 Å². The largest absolute Gasteiger partial charge is 0.465 e. The third kappa shape index (κ3) is 3.50. The molecule has 0 aromatic heterocycles. The van der Waals surface area contributed by atoms with Crippen LogP contribution in [0.3, 0.4) is 0 Å². The summed E-state index contributed by atoms with van der Waals surface area (Å²) in [6.07, 6.45) is 0. The first kappa shape index (κ1) is 13.0. The number of halogens is 1. The Balaban J connectivity index is 3.05. The Morgan fingerprint density at radius 3 is 2.50 bits per heavy atom. The Labute approximate surface area is 98.6 Å². The summed E-state index contributed by atoms with van der Waals surface area (Å²) in [5, 5.41) is 0. The van der Waals surface area contributed by atoms with Crippen molar-refractivity contribution in [2.75, 3.05) is 7.11 Å². The average molecular weight is 263 g/mol. The second-order valence-corrected chi connectivity index (χ2v) is 6.10. The maximum absolute atomic E-state index is 11.3. The van der Waals surface area contributed by atoms with Crippen LogP contribution in [0, 0.1) is 6.92 Å². The van der Waals surface area contributed by atoms with Crippen molar-refractivity contribution in [1.29, 1.82) is 0 Å². The molecule has 0 unspecified atom stereocenters. The van der Waals surface area contributed by atoms with Gasteiger partial charge in [0.2, 0.25) is 9.05 Å². The first-order chi connectivity index (χ1) is 7.33. The fraction of sp³-hybridized carbons (Fsp3) is 0.300. The Bertz CT molecular complexity index is 508. The van der Waals surface area contributed by atoms with Crippen molar-refractivity contribution in [3.63, 3.8) is 0 Å². The van der Waals surface area contributed by atoms with Crippen LogP contribution < -0.4 is 0 Å². The molecule has 0 atom stereocenters. The zero-order chi connectivity index (χ0) is 12.3. The number of rotatable bonds is 3. The van der Waals surface area contributed by atoms with Crippen molar-refractivity contribution in [2.45, 2.75) is 12.7 Å². The minimum Gasteiger partial charge on any atom is -0.465 e. The first-order valence-electron chi connectivity index (χ1n) is 4.43. The molecule has 0 fully saturated rings. The summed E-state index contributed by atoms with van der Waals surface area (Å²) in [4.78, 5) is 11.3. The summed E-state index contributed by atoms with van der Waals surface area (Å²) in [7, 11) is 2.84. The van der Waals surface area contributed by atoms with Gasteiger partial charge in [0, 0.05) is 10.7 Å². The summed E-state index contributed by atoms with van der Waals surface area (Å²) in [5.41, 5.74) is 1.61. The Hall–Kier alpha value is -1.07. The van der Waals surface area contributed by atoms with E-state index in [1.807, 2.05) is 0 Å². The van der Waals surface area contributed by atoms with Crippen LogP contribution in [0.25, 0.3) is 0 Å². The van der Waals surface area contributed by atoms with E-state index in [0.29, 0.717) is 16.7 Å². The maximum Gasteiger partial charge on any atom is 0.338 e. The van der Waals surface area contributed by atoms with Crippen LogP contribution in [0.15, 0.2) is 18.2 Å². The Morgan fingerprint density at radius 1 is 1.44 bits per heavy atom. The zero-order valence-corrected chi connectivity index (χ0v) is 10.4. The van der Waals surface area contributed by atoms with Gasteiger partial charge in [-0.15, -0.1) is 0 Å². The van der Waals surface area contributed by atoms with Crippen molar-refractivity contribution in [3.8, 4) is 0 Å². The van der Waals surface area contributed by atoms with Gasteiger partial charge in [0.1, 0.15) is 0 Å². The van der Waals surface area contributed by atoms with Gasteiger partial charge in [-0.25, -0.2) is 13.2 Å². The molecule has 88 valence electrons. The molecule has 1 rings (SSSR count). The molecule has 0 spiro atoms. The highest BCUT2D eigenvalue weighted by Crippen LogP contribution is 2.15. The monoisotopic (exact) mass is 262 g/mol. The molecular formula is C10H11ClO4S. The third-order valence-electron chi connectivity index (χ3n) is 2.04. The normalized spacial score (nSPS) is 11.2. The van der Waals surface area contributed by atoms with Gasteiger partial charge < -0.3 is 4.74 Å². The molecule has 0 saturated carbocycles. The number of hydrogen-bond donors (Lipinski definition) is 0. The molecule has 0 radical (unpaired) electrons. The van der Waals surface area contributed by atoms with Gasteiger partial charge in [0.05, 0.1) is 18.4 Å². The molecule has 0 amide bonds. The minimum absolute atomic E-state index is 0.253. The number of benzene rings is 1. The lowest BCUT2D eigenvalue weighted by Crippen LogP contribution is -2.05. The molecule has 0 aliphatic carbocycles. The molecule has 0 bridgehead atoms. The van der Waals surface area contributed by atoms with Crippen molar-refractivity contribution >= 4 is 25.7 Å². The van der Waals surface area contributed by atoms with E-state index < -0.39 is 15.0 Å². The van der Waals surface area contributed by atoms with Crippen molar-refractivity contribution in [2.24, 2.45) is 0 Å². The highest BCUT2D eigenvalue weighted by atomic mass is 35.7. The topological polar surface area (TPSA) is 60.4 Å². The fourth-order valence-corrected chi connectivity index (χ4v) is 2.31. The predicted octanol–water partition coefficient (Wildman–Crippen LogP) is 1.85. The van der Waals surface area contributed by atoms with Crippen LogP contribution in [-0.4, -0.2) is 21.5 Å². The fourth-order valence-electron chi connectivity index (χ4n) is 1.35. The molecule has 0 heterocycles. The highest BCUT2D eigenvalue weighted by molar-refractivity contribution is 8.13. The van der Waals surface area contributed by atoms with Crippen LogP contribution in [-0.2, 0) is 19.5 Å². The van der Waals surface area contributed by atoms with E-state index in [9.17, 15) is 13.2 Å². The predicted molar refractivity (Wildman–Crippen MR) is 61.0 cm³/mol. The Morgan fingerprint density at radius 2 is 2.06 bits per heavy atom. The van der Waals surface area contributed by atoms with E-state index in [4.69, 9.17) is 10.7 Å². The smallest absolute Gasteiger partial charge is 0.338 e. The lowest BCUT2D eigenvalue weighted by molar-refractivity contribution is 0.0600. The summed E-state index contributed by atoms with van der Waals surface area (Å²) in [6, 6.07) is 4.67. The van der Waals surface area contributed by atoms with Gasteiger partial charge in [-0.05, 0) is 24.1 Å². The molecule has 1 aromatic carbocycles. The van der Waals surface area contributed by atoms with Crippen LogP contribution >= 0.6 is 10.7 Å². The molecule has 4 nitrogen and oxygen atoms in total. The van der Waals surface area contributed by atoms with Crippen LogP contribution in [0.4, 0.5) is 0 Å². The summed E-state index contributed by atoms with van der Waals surface area (Å²) < 4.78 is 26.3. The molecule has 0 aliphatic rings. The first-order valence-corrected chi connectivity index (χ1v) is 6.91. The van der Waals surface area contributed by atoms with E-state index in [2.05, 4.69) is 4.74 Å². The number of carbonyl (C=O) groups is 1. The van der Waals surface area contributed by atoms with E-state index in [1.54, 1.807) is 19.1 Å².